The summed E-state index contributed by atoms with van der Waals surface area (Å²) in [5.41, 5.74) is 9.94. The molecule has 0 saturated heterocycles. The molecule has 0 radical (unpaired) electrons. The fourth-order valence-electron chi connectivity index (χ4n) is 2.94. The summed E-state index contributed by atoms with van der Waals surface area (Å²) in [6.45, 7) is 0. The van der Waals surface area contributed by atoms with Crippen molar-refractivity contribution < 1.29 is 0 Å². The predicted molar refractivity (Wildman–Crippen MR) is 66.7 cm³/mol. The minimum Gasteiger partial charge on any atom is -0.375 e. The maximum Gasteiger partial charge on any atom is 0.184 e. The molecule has 1 spiro atoms. The first kappa shape index (κ1) is 10.9. The Morgan fingerprint density at radius 1 is 1.20 bits per heavy atom. The summed E-state index contributed by atoms with van der Waals surface area (Å²) in [7, 11) is 0. The van der Waals surface area contributed by atoms with Crippen LogP contribution in [0.2, 0.25) is 0 Å². The minimum absolute atomic E-state index is 0.267. The molecule has 0 amide bonds. The quantitative estimate of drug-likeness (QED) is 0.532. The third-order valence-corrected chi connectivity index (χ3v) is 3.97. The summed E-state index contributed by atoms with van der Waals surface area (Å²) in [4.78, 5) is 0. The molecule has 0 heterocycles. The fraction of sp³-hybridized carbons (Fsp3) is 0.818. The number of nitrogens with one attached hydrogen (secondary N) is 1. The molecule has 0 aromatic heterocycles. The highest BCUT2D eigenvalue weighted by Gasteiger charge is 2.36. The molecule has 4 heteroatoms. The SMILES string of the molecule is NC(=S)NN=C1CCC2(CCCC2)CC1. The van der Waals surface area contributed by atoms with E-state index in [-0.39, 0.29) is 5.11 Å². The third kappa shape index (κ3) is 2.68. The second kappa shape index (κ2) is 4.47. The Hall–Kier alpha value is -0.640. The lowest BCUT2D eigenvalue weighted by Crippen LogP contribution is -2.29. The van der Waals surface area contributed by atoms with Crippen molar-refractivity contribution in [2.24, 2.45) is 16.3 Å². The molecular weight excluding hydrogens is 206 g/mol. The van der Waals surface area contributed by atoms with Crippen LogP contribution in [0, 0.1) is 5.41 Å². The summed E-state index contributed by atoms with van der Waals surface area (Å²) < 4.78 is 0. The number of nitrogens with zero attached hydrogens (tertiary/aromatic N) is 1. The van der Waals surface area contributed by atoms with E-state index in [1.165, 1.54) is 44.2 Å². The van der Waals surface area contributed by atoms with Gasteiger partial charge in [-0.25, -0.2) is 0 Å². The van der Waals surface area contributed by atoms with Crippen LogP contribution in [0.5, 0.6) is 0 Å². The van der Waals surface area contributed by atoms with Crippen molar-refractivity contribution in [1.82, 2.24) is 5.43 Å². The van der Waals surface area contributed by atoms with Crippen molar-refractivity contribution in [1.29, 1.82) is 0 Å². The lowest BCUT2D eigenvalue weighted by molar-refractivity contribution is 0.242. The molecule has 0 bridgehead atoms. The first-order valence-electron chi connectivity index (χ1n) is 5.81. The molecule has 0 atom stereocenters. The Balaban J connectivity index is 1.86. The van der Waals surface area contributed by atoms with Crippen LogP contribution < -0.4 is 11.2 Å². The Morgan fingerprint density at radius 2 is 1.80 bits per heavy atom. The van der Waals surface area contributed by atoms with Gasteiger partial charge in [-0.05, 0) is 56.2 Å². The largest absolute Gasteiger partial charge is 0.375 e. The average molecular weight is 225 g/mol. The van der Waals surface area contributed by atoms with Crippen LogP contribution in [0.1, 0.15) is 51.4 Å². The van der Waals surface area contributed by atoms with Crippen molar-refractivity contribution >= 4 is 23.0 Å². The standard InChI is InChI=1S/C11H19N3S/c12-10(15)14-13-9-3-7-11(8-4-9)5-1-2-6-11/h1-8H2,(H3,12,14,15). The van der Waals surface area contributed by atoms with Crippen LogP contribution in [0.3, 0.4) is 0 Å². The molecule has 0 aromatic carbocycles. The second-order valence-electron chi connectivity index (χ2n) is 4.86. The van der Waals surface area contributed by atoms with Gasteiger partial charge < -0.3 is 5.73 Å². The summed E-state index contributed by atoms with van der Waals surface area (Å²) in [5, 5.41) is 4.50. The second-order valence-corrected chi connectivity index (χ2v) is 5.30. The molecule has 0 aliphatic heterocycles. The first-order valence-corrected chi connectivity index (χ1v) is 6.22. The van der Waals surface area contributed by atoms with Gasteiger partial charge in [-0.3, -0.25) is 5.43 Å². The van der Waals surface area contributed by atoms with Gasteiger partial charge in [-0.2, -0.15) is 5.10 Å². The van der Waals surface area contributed by atoms with Gasteiger partial charge in [0.05, 0.1) is 0 Å². The van der Waals surface area contributed by atoms with Crippen LogP contribution in [-0.2, 0) is 0 Å². The number of thiocarbonyl (C=S) groups is 1. The van der Waals surface area contributed by atoms with Crippen LogP contribution >= 0.6 is 12.2 Å². The topological polar surface area (TPSA) is 50.4 Å². The van der Waals surface area contributed by atoms with Crippen LogP contribution in [0.15, 0.2) is 5.10 Å². The average Bonchev–Trinajstić information content (AvgIpc) is 2.66. The smallest absolute Gasteiger partial charge is 0.184 e. The van der Waals surface area contributed by atoms with Gasteiger partial charge in [0.2, 0.25) is 0 Å². The van der Waals surface area contributed by atoms with Crippen LogP contribution in [-0.4, -0.2) is 10.8 Å². The highest BCUT2D eigenvalue weighted by atomic mass is 32.1. The van der Waals surface area contributed by atoms with Crippen molar-refractivity contribution in [3.05, 3.63) is 0 Å². The maximum atomic E-state index is 5.34. The lowest BCUT2D eigenvalue weighted by atomic mass is 9.72. The summed E-state index contributed by atoms with van der Waals surface area (Å²) in [6.07, 6.45) is 10.6. The minimum atomic E-state index is 0.267. The Kier molecular flexibility index (Phi) is 3.24. The molecule has 2 aliphatic carbocycles. The summed E-state index contributed by atoms with van der Waals surface area (Å²) in [6, 6.07) is 0. The highest BCUT2D eigenvalue weighted by molar-refractivity contribution is 7.80. The zero-order valence-electron chi connectivity index (χ0n) is 9.09. The zero-order chi connectivity index (χ0) is 10.7. The third-order valence-electron chi connectivity index (χ3n) is 3.88. The van der Waals surface area contributed by atoms with E-state index in [1.54, 1.807) is 0 Å². The molecule has 3 N–H and O–H groups in total. The molecule has 2 aliphatic rings. The van der Waals surface area contributed by atoms with E-state index in [0.717, 1.165) is 12.8 Å². The molecule has 0 aromatic rings. The summed E-state index contributed by atoms with van der Waals surface area (Å²) in [5.74, 6) is 0. The molecule has 84 valence electrons. The van der Waals surface area contributed by atoms with Crippen molar-refractivity contribution in [3.63, 3.8) is 0 Å². The van der Waals surface area contributed by atoms with Crippen molar-refractivity contribution in [2.45, 2.75) is 51.4 Å². The van der Waals surface area contributed by atoms with Crippen LogP contribution in [0.25, 0.3) is 0 Å². The van der Waals surface area contributed by atoms with E-state index >= 15 is 0 Å². The molecule has 3 nitrogen and oxygen atoms in total. The Labute approximate surface area is 96.5 Å². The molecule has 0 unspecified atom stereocenters. The molecular formula is C11H19N3S. The molecule has 2 fully saturated rings. The predicted octanol–water partition coefficient (Wildman–Crippen LogP) is 2.31. The highest BCUT2D eigenvalue weighted by Crippen LogP contribution is 2.48. The monoisotopic (exact) mass is 225 g/mol. The van der Waals surface area contributed by atoms with E-state index in [2.05, 4.69) is 10.5 Å². The normalized spacial score (nSPS) is 24.1. The van der Waals surface area contributed by atoms with Crippen LogP contribution in [0.4, 0.5) is 0 Å². The van der Waals surface area contributed by atoms with Gasteiger partial charge in [0, 0.05) is 5.71 Å². The van der Waals surface area contributed by atoms with E-state index in [1.807, 2.05) is 0 Å². The number of hydrogen-bond donors (Lipinski definition) is 2. The lowest BCUT2D eigenvalue weighted by Gasteiger charge is -2.33. The van der Waals surface area contributed by atoms with Crippen molar-refractivity contribution in [3.8, 4) is 0 Å². The van der Waals surface area contributed by atoms with Gasteiger partial charge in [0.15, 0.2) is 5.11 Å². The number of hydrogen-bond acceptors (Lipinski definition) is 2. The number of rotatable bonds is 1. The van der Waals surface area contributed by atoms with Gasteiger partial charge in [-0.1, -0.05) is 12.8 Å². The molecule has 2 rings (SSSR count). The van der Waals surface area contributed by atoms with Gasteiger partial charge >= 0.3 is 0 Å². The first-order chi connectivity index (χ1) is 7.20. The fourth-order valence-corrected chi connectivity index (χ4v) is 2.99. The van der Waals surface area contributed by atoms with Gasteiger partial charge in [0.1, 0.15) is 0 Å². The van der Waals surface area contributed by atoms with E-state index in [4.69, 9.17) is 18.0 Å². The van der Waals surface area contributed by atoms with E-state index in [9.17, 15) is 0 Å². The van der Waals surface area contributed by atoms with E-state index in [0.29, 0.717) is 5.41 Å². The van der Waals surface area contributed by atoms with E-state index < -0.39 is 0 Å². The van der Waals surface area contributed by atoms with Gasteiger partial charge in [-0.15, -0.1) is 0 Å². The number of hydrazone groups is 1. The maximum absolute atomic E-state index is 5.34. The van der Waals surface area contributed by atoms with Gasteiger partial charge in [0.25, 0.3) is 0 Å². The van der Waals surface area contributed by atoms with Crippen molar-refractivity contribution in [2.75, 3.05) is 0 Å². The molecule has 2 saturated carbocycles. The number of nitrogens with two attached hydrogens (primary N) is 1. The molecule has 15 heavy (non-hydrogen) atoms. The zero-order valence-corrected chi connectivity index (χ0v) is 9.91. The summed E-state index contributed by atoms with van der Waals surface area (Å²) >= 11 is 4.72. The Bertz CT molecular complexity index is 268. The Morgan fingerprint density at radius 3 is 2.33 bits per heavy atom.